The number of nitrogens with one attached hydrogen (secondary N) is 1. The molecule has 0 saturated carbocycles. The quantitative estimate of drug-likeness (QED) is 0.358. The third-order valence-electron chi connectivity index (χ3n) is 4.97. The van der Waals surface area contributed by atoms with Crippen molar-refractivity contribution >= 4 is 39.6 Å². The molecule has 0 fully saturated rings. The van der Waals surface area contributed by atoms with Gasteiger partial charge in [-0.3, -0.25) is 14.9 Å². The van der Waals surface area contributed by atoms with Crippen LogP contribution in [0.15, 0.2) is 77.5 Å². The van der Waals surface area contributed by atoms with Crippen molar-refractivity contribution in [2.24, 2.45) is 0 Å². The first-order valence-corrected chi connectivity index (χ1v) is 12.1. The molecular formula is C25H23N3O3S2. The smallest absolute Gasteiger partial charge is 0.257 e. The highest BCUT2D eigenvalue weighted by Crippen LogP contribution is 2.23. The number of rotatable bonds is 9. The number of ether oxygens (including phenoxy) is 1. The van der Waals surface area contributed by atoms with Gasteiger partial charge in [0.25, 0.3) is 5.91 Å². The van der Waals surface area contributed by atoms with E-state index >= 15 is 0 Å². The van der Waals surface area contributed by atoms with Crippen LogP contribution in [0.5, 0.6) is 5.75 Å². The highest BCUT2D eigenvalue weighted by Gasteiger charge is 2.19. The fourth-order valence-corrected chi connectivity index (χ4v) is 4.76. The molecular weight excluding hydrogens is 454 g/mol. The Labute approximate surface area is 200 Å². The Hall–Kier alpha value is -3.49. The number of nitrogens with zero attached hydrogens (tertiary/aromatic N) is 2. The zero-order chi connectivity index (χ0) is 23.0. The summed E-state index contributed by atoms with van der Waals surface area (Å²) in [6.07, 6.45) is 0.151. The summed E-state index contributed by atoms with van der Waals surface area (Å²) < 4.78 is 5.47. The zero-order valence-corrected chi connectivity index (χ0v) is 19.7. The van der Waals surface area contributed by atoms with Gasteiger partial charge in [0.1, 0.15) is 5.75 Å². The van der Waals surface area contributed by atoms with Gasteiger partial charge in [-0.25, -0.2) is 4.98 Å². The average Bonchev–Trinajstić information content (AvgIpc) is 3.51. The molecule has 0 atom stereocenters. The van der Waals surface area contributed by atoms with Crippen molar-refractivity contribution in [2.45, 2.75) is 19.5 Å². The summed E-state index contributed by atoms with van der Waals surface area (Å²) >= 11 is 2.93. The van der Waals surface area contributed by atoms with Gasteiger partial charge < -0.3 is 9.64 Å². The largest absolute Gasteiger partial charge is 0.496 e. The maximum Gasteiger partial charge on any atom is 0.257 e. The summed E-state index contributed by atoms with van der Waals surface area (Å²) in [5.74, 6) is 0.486. The Morgan fingerprint density at radius 3 is 2.52 bits per heavy atom. The second-order valence-electron chi connectivity index (χ2n) is 7.28. The molecule has 1 N–H and O–H groups in total. The normalized spacial score (nSPS) is 10.6. The lowest BCUT2D eigenvalue weighted by Crippen LogP contribution is -2.31. The molecule has 0 aliphatic heterocycles. The van der Waals surface area contributed by atoms with Gasteiger partial charge in [0.2, 0.25) is 5.91 Å². The number of thiazole rings is 1. The lowest BCUT2D eigenvalue weighted by molar-refractivity contribution is -0.131. The SMILES string of the molecule is COc1ccccc1CN(Cc1cccs1)C(=O)Cc1csc(NC(=O)c2ccccc2)n1. The molecule has 0 aliphatic rings. The fourth-order valence-electron chi connectivity index (χ4n) is 3.33. The second-order valence-corrected chi connectivity index (χ2v) is 9.17. The summed E-state index contributed by atoms with van der Waals surface area (Å²) in [5.41, 5.74) is 2.13. The van der Waals surface area contributed by atoms with Crippen molar-refractivity contribution in [3.8, 4) is 5.75 Å². The van der Waals surface area contributed by atoms with Crippen molar-refractivity contribution in [2.75, 3.05) is 12.4 Å². The maximum atomic E-state index is 13.3. The van der Waals surface area contributed by atoms with Crippen LogP contribution >= 0.6 is 22.7 Å². The molecule has 0 radical (unpaired) electrons. The number of hydrogen-bond donors (Lipinski definition) is 1. The van der Waals surface area contributed by atoms with Crippen LogP contribution in [0.1, 0.15) is 26.5 Å². The van der Waals surface area contributed by atoms with E-state index in [1.54, 1.807) is 30.6 Å². The molecule has 2 aromatic carbocycles. The van der Waals surface area contributed by atoms with E-state index in [0.29, 0.717) is 29.5 Å². The molecule has 8 heteroatoms. The molecule has 2 aromatic heterocycles. The van der Waals surface area contributed by atoms with Crippen LogP contribution < -0.4 is 10.1 Å². The second kappa shape index (κ2) is 10.9. The van der Waals surface area contributed by atoms with Crippen LogP contribution in [0.3, 0.4) is 0 Å². The van der Waals surface area contributed by atoms with Crippen molar-refractivity contribution in [1.29, 1.82) is 0 Å². The van der Waals surface area contributed by atoms with Gasteiger partial charge >= 0.3 is 0 Å². The highest BCUT2D eigenvalue weighted by atomic mass is 32.1. The Kier molecular flexibility index (Phi) is 7.49. The fraction of sp³-hybridized carbons (Fsp3) is 0.160. The van der Waals surface area contributed by atoms with Gasteiger partial charge in [-0.15, -0.1) is 22.7 Å². The van der Waals surface area contributed by atoms with Gasteiger partial charge in [-0.1, -0.05) is 42.5 Å². The van der Waals surface area contributed by atoms with Crippen molar-refractivity contribution < 1.29 is 14.3 Å². The van der Waals surface area contributed by atoms with Gasteiger partial charge in [0.15, 0.2) is 5.13 Å². The number of carbonyl (C=O) groups is 2. The Balaban J connectivity index is 1.46. The van der Waals surface area contributed by atoms with E-state index in [0.717, 1.165) is 16.2 Å². The van der Waals surface area contributed by atoms with Crippen LogP contribution in [0.4, 0.5) is 5.13 Å². The zero-order valence-electron chi connectivity index (χ0n) is 18.1. The molecule has 0 unspecified atom stereocenters. The standard InChI is InChI=1S/C25H23N3O3S2/c1-31-22-12-6-5-10-19(22)15-28(16-21-11-7-13-32-21)23(29)14-20-17-33-25(26-20)27-24(30)18-8-3-2-4-9-18/h2-13,17H,14-16H2,1H3,(H,26,27,30). The number of aromatic nitrogens is 1. The predicted octanol–water partition coefficient (Wildman–Crippen LogP) is 5.24. The van der Waals surface area contributed by atoms with E-state index in [9.17, 15) is 9.59 Å². The first kappa shape index (κ1) is 22.7. The molecule has 0 aliphatic carbocycles. The molecule has 0 saturated heterocycles. The average molecular weight is 478 g/mol. The Bertz CT molecular complexity index is 1210. The van der Waals surface area contributed by atoms with Crippen LogP contribution in [0.2, 0.25) is 0 Å². The summed E-state index contributed by atoms with van der Waals surface area (Å²) in [6, 6.07) is 20.7. The van der Waals surface area contributed by atoms with Crippen LogP contribution in [0, 0.1) is 0 Å². The van der Waals surface area contributed by atoms with Crippen molar-refractivity contribution in [1.82, 2.24) is 9.88 Å². The van der Waals surface area contributed by atoms with Gasteiger partial charge in [0.05, 0.1) is 25.8 Å². The number of carbonyl (C=O) groups excluding carboxylic acids is 2. The number of thiophene rings is 1. The molecule has 0 bridgehead atoms. The van der Waals surface area contributed by atoms with E-state index in [1.165, 1.54) is 11.3 Å². The van der Waals surface area contributed by atoms with E-state index in [-0.39, 0.29) is 18.2 Å². The van der Waals surface area contributed by atoms with Crippen molar-refractivity contribution in [3.05, 3.63) is 99.2 Å². The molecule has 2 amide bonds. The van der Waals surface area contributed by atoms with Gasteiger partial charge in [-0.05, 0) is 29.6 Å². The summed E-state index contributed by atoms with van der Waals surface area (Å²) in [4.78, 5) is 33.0. The first-order valence-electron chi connectivity index (χ1n) is 10.3. The molecule has 6 nitrogen and oxygen atoms in total. The Morgan fingerprint density at radius 2 is 1.76 bits per heavy atom. The number of methoxy groups -OCH3 is 1. The van der Waals surface area contributed by atoms with Gasteiger partial charge in [-0.2, -0.15) is 0 Å². The van der Waals surface area contributed by atoms with Crippen molar-refractivity contribution in [3.63, 3.8) is 0 Å². The molecule has 2 heterocycles. The van der Waals surface area contributed by atoms with E-state index in [4.69, 9.17) is 4.74 Å². The lowest BCUT2D eigenvalue weighted by Gasteiger charge is -2.23. The predicted molar refractivity (Wildman–Crippen MR) is 132 cm³/mol. The minimum atomic E-state index is -0.224. The van der Waals surface area contributed by atoms with E-state index < -0.39 is 0 Å². The number of anilines is 1. The van der Waals surface area contributed by atoms with Crippen LogP contribution in [-0.2, 0) is 24.3 Å². The van der Waals surface area contributed by atoms with Crippen LogP contribution in [0.25, 0.3) is 0 Å². The maximum absolute atomic E-state index is 13.3. The highest BCUT2D eigenvalue weighted by molar-refractivity contribution is 7.14. The van der Waals surface area contributed by atoms with E-state index in [1.807, 2.05) is 70.3 Å². The molecule has 4 aromatic rings. The number of benzene rings is 2. The Morgan fingerprint density at radius 1 is 0.970 bits per heavy atom. The third-order valence-corrected chi connectivity index (χ3v) is 6.64. The molecule has 168 valence electrons. The number of para-hydroxylation sites is 1. The van der Waals surface area contributed by atoms with Gasteiger partial charge in [0, 0.05) is 27.9 Å². The molecule has 4 rings (SSSR count). The first-order chi connectivity index (χ1) is 16.1. The summed E-state index contributed by atoms with van der Waals surface area (Å²) in [6.45, 7) is 0.943. The van der Waals surface area contributed by atoms with E-state index in [2.05, 4.69) is 10.3 Å². The number of hydrogen-bond acceptors (Lipinski definition) is 6. The molecule has 33 heavy (non-hydrogen) atoms. The monoisotopic (exact) mass is 477 g/mol. The summed E-state index contributed by atoms with van der Waals surface area (Å²) in [5, 5.41) is 7.09. The minimum absolute atomic E-state index is 0.0412. The lowest BCUT2D eigenvalue weighted by atomic mass is 10.1. The summed E-state index contributed by atoms with van der Waals surface area (Å²) in [7, 11) is 1.63. The third kappa shape index (κ3) is 6.06. The number of amides is 2. The minimum Gasteiger partial charge on any atom is -0.496 e. The topological polar surface area (TPSA) is 71.5 Å². The van der Waals surface area contributed by atoms with Crippen LogP contribution in [-0.4, -0.2) is 28.8 Å². The molecule has 0 spiro atoms.